The van der Waals surface area contributed by atoms with E-state index in [2.05, 4.69) is 15.6 Å². The maximum atomic E-state index is 13.2. The SMILES string of the molecule is Cc1cc(C(Cc2ccc(F)c(Cl)c2)NN)c(C)nn1. The Bertz CT molecular complexity index is 618. The normalized spacial score (nSPS) is 12.4. The van der Waals surface area contributed by atoms with Gasteiger partial charge in [0.25, 0.3) is 0 Å². The average Bonchev–Trinajstić information content (AvgIpc) is 2.43. The standard InChI is InChI=1S/C14H16ClFN4/c1-8-5-11(9(2)20-19-8)14(18-17)7-10-3-4-13(16)12(15)6-10/h3-6,14,18H,7,17H2,1-2H3. The van der Waals surface area contributed by atoms with Crippen LogP contribution in [-0.4, -0.2) is 10.2 Å². The van der Waals surface area contributed by atoms with E-state index in [1.54, 1.807) is 12.1 Å². The van der Waals surface area contributed by atoms with Gasteiger partial charge in [0.15, 0.2) is 0 Å². The summed E-state index contributed by atoms with van der Waals surface area (Å²) in [5, 5.41) is 8.20. The van der Waals surface area contributed by atoms with Crippen LogP contribution in [0.5, 0.6) is 0 Å². The molecule has 0 bridgehead atoms. The molecule has 0 amide bonds. The number of rotatable bonds is 4. The molecule has 1 atom stereocenters. The first-order chi connectivity index (χ1) is 9.51. The number of nitrogens with one attached hydrogen (secondary N) is 1. The van der Waals surface area contributed by atoms with Crippen LogP contribution in [0.4, 0.5) is 4.39 Å². The Morgan fingerprint density at radius 1 is 1.30 bits per heavy atom. The molecule has 106 valence electrons. The van der Waals surface area contributed by atoms with Crippen molar-refractivity contribution in [1.29, 1.82) is 0 Å². The highest BCUT2D eigenvalue weighted by Crippen LogP contribution is 2.23. The molecule has 1 heterocycles. The predicted molar refractivity (Wildman–Crippen MR) is 76.7 cm³/mol. The Hall–Kier alpha value is -1.56. The van der Waals surface area contributed by atoms with Crippen molar-refractivity contribution >= 4 is 11.6 Å². The van der Waals surface area contributed by atoms with Gasteiger partial charge in [-0.3, -0.25) is 11.3 Å². The van der Waals surface area contributed by atoms with E-state index in [-0.39, 0.29) is 11.1 Å². The van der Waals surface area contributed by atoms with Crippen molar-refractivity contribution in [2.24, 2.45) is 5.84 Å². The second-order valence-corrected chi connectivity index (χ2v) is 5.11. The molecule has 3 N–H and O–H groups in total. The van der Waals surface area contributed by atoms with Crippen molar-refractivity contribution in [2.75, 3.05) is 0 Å². The van der Waals surface area contributed by atoms with Crippen LogP contribution in [0.2, 0.25) is 5.02 Å². The summed E-state index contributed by atoms with van der Waals surface area (Å²) >= 11 is 5.79. The van der Waals surface area contributed by atoms with Crippen LogP contribution in [0.1, 0.15) is 28.6 Å². The maximum absolute atomic E-state index is 13.2. The smallest absolute Gasteiger partial charge is 0.141 e. The van der Waals surface area contributed by atoms with Gasteiger partial charge in [-0.15, -0.1) is 0 Å². The monoisotopic (exact) mass is 294 g/mol. The van der Waals surface area contributed by atoms with Gasteiger partial charge in [-0.05, 0) is 49.6 Å². The lowest BCUT2D eigenvalue weighted by Crippen LogP contribution is -2.30. The Morgan fingerprint density at radius 3 is 2.70 bits per heavy atom. The summed E-state index contributed by atoms with van der Waals surface area (Å²) < 4.78 is 13.2. The van der Waals surface area contributed by atoms with E-state index in [1.807, 2.05) is 19.9 Å². The molecule has 20 heavy (non-hydrogen) atoms. The number of halogens is 2. The highest BCUT2D eigenvalue weighted by Gasteiger charge is 2.15. The first kappa shape index (κ1) is 14.8. The zero-order valence-corrected chi connectivity index (χ0v) is 12.1. The fourth-order valence-corrected chi connectivity index (χ4v) is 2.29. The summed E-state index contributed by atoms with van der Waals surface area (Å²) in [6, 6.07) is 6.47. The predicted octanol–water partition coefficient (Wildman–Crippen LogP) is 2.63. The van der Waals surface area contributed by atoms with Crippen LogP contribution in [0.25, 0.3) is 0 Å². The molecule has 4 nitrogen and oxygen atoms in total. The Balaban J connectivity index is 2.28. The number of nitrogens with zero attached hydrogens (tertiary/aromatic N) is 2. The molecule has 0 aliphatic carbocycles. The summed E-state index contributed by atoms with van der Waals surface area (Å²) in [6.45, 7) is 3.75. The van der Waals surface area contributed by atoms with Crippen molar-refractivity contribution in [2.45, 2.75) is 26.3 Å². The van der Waals surface area contributed by atoms with Gasteiger partial charge in [0.05, 0.1) is 22.5 Å². The Labute approximate surface area is 122 Å². The Morgan fingerprint density at radius 2 is 2.05 bits per heavy atom. The molecule has 1 aromatic carbocycles. The van der Waals surface area contributed by atoms with Gasteiger partial charge in [-0.1, -0.05) is 17.7 Å². The molecule has 1 aromatic heterocycles. The molecule has 0 radical (unpaired) electrons. The van der Waals surface area contributed by atoms with E-state index in [4.69, 9.17) is 17.4 Å². The molecular formula is C14H16ClFN4. The molecule has 0 aliphatic heterocycles. The lowest BCUT2D eigenvalue weighted by atomic mass is 9.98. The van der Waals surface area contributed by atoms with Crippen molar-refractivity contribution in [3.63, 3.8) is 0 Å². The number of hydrazine groups is 1. The third-order valence-corrected chi connectivity index (χ3v) is 3.43. The lowest BCUT2D eigenvalue weighted by Gasteiger charge is -2.18. The quantitative estimate of drug-likeness (QED) is 0.672. The van der Waals surface area contributed by atoms with E-state index in [1.165, 1.54) is 6.07 Å². The summed E-state index contributed by atoms with van der Waals surface area (Å²) in [5.74, 6) is 5.21. The van der Waals surface area contributed by atoms with Crippen LogP contribution in [0.15, 0.2) is 24.3 Å². The molecule has 0 spiro atoms. The zero-order chi connectivity index (χ0) is 14.7. The van der Waals surface area contributed by atoms with Crippen molar-refractivity contribution in [3.8, 4) is 0 Å². The van der Waals surface area contributed by atoms with Crippen LogP contribution in [-0.2, 0) is 6.42 Å². The largest absolute Gasteiger partial charge is 0.271 e. The van der Waals surface area contributed by atoms with Gasteiger partial charge in [0.2, 0.25) is 0 Å². The maximum Gasteiger partial charge on any atom is 0.141 e. The molecule has 0 fully saturated rings. The fourth-order valence-electron chi connectivity index (χ4n) is 2.08. The summed E-state index contributed by atoms with van der Waals surface area (Å²) in [7, 11) is 0. The zero-order valence-electron chi connectivity index (χ0n) is 11.3. The fraction of sp³-hybridized carbons (Fsp3) is 0.286. The van der Waals surface area contributed by atoms with Crippen molar-refractivity contribution < 1.29 is 4.39 Å². The van der Waals surface area contributed by atoms with Gasteiger partial charge in [-0.25, -0.2) is 4.39 Å². The first-order valence-corrected chi connectivity index (χ1v) is 6.60. The van der Waals surface area contributed by atoms with E-state index >= 15 is 0 Å². The molecule has 1 unspecified atom stereocenters. The van der Waals surface area contributed by atoms with Gasteiger partial charge < -0.3 is 0 Å². The van der Waals surface area contributed by atoms with Crippen LogP contribution in [0.3, 0.4) is 0 Å². The van der Waals surface area contributed by atoms with E-state index in [0.717, 1.165) is 22.5 Å². The topological polar surface area (TPSA) is 63.8 Å². The number of aryl methyl sites for hydroxylation is 2. The number of benzene rings is 1. The molecule has 2 aromatic rings. The van der Waals surface area contributed by atoms with Gasteiger partial charge in [-0.2, -0.15) is 10.2 Å². The van der Waals surface area contributed by atoms with E-state index in [0.29, 0.717) is 6.42 Å². The molecule has 6 heteroatoms. The van der Waals surface area contributed by atoms with Crippen molar-refractivity contribution in [1.82, 2.24) is 15.6 Å². The third kappa shape index (κ3) is 3.30. The van der Waals surface area contributed by atoms with Crippen LogP contribution in [0, 0.1) is 19.7 Å². The molecule has 0 saturated carbocycles. The van der Waals surface area contributed by atoms with Crippen LogP contribution < -0.4 is 11.3 Å². The first-order valence-electron chi connectivity index (χ1n) is 6.22. The molecular weight excluding hydrogens is 279 g/mol. The van der Waals surface area contributed by atoms with E-state index < -0.39 is 5.82 Å². The van der Waals surface area contributed by atoms with Gasteiger partial charge in [0, 0.05) is 0 Å². The van der Waals surface area contributed by atoms with E-state index in [9.17, 15) is 4.39 Å². The van der Waals surface area contributed by atoms with Gasteiger partial charge in [0.1, 0.15) is 5.82 Å². The average molecular weight is 295 g/mol. The number of aromatic nitrogens is 2. The van der Waals surface area contributed by atoms with Gasteiger partial charge >= 0.3 is 0 Å². The summed E-state index contributed by atoms with van der Waals surface area (Å²) in [5.41, 5.74) is 6.27. The number of nitrogens with two attached hydrogens (primary N) is 1. The van der Waals surface area contributed by atoms with Crippen LogP contribution >= 0.6 is 11.6 Å². The highest BCUT2D eigenvalue weighted by molar-refractivity contribution is 6.30. The molecule has 0 aliphatic rings. The minimum atomic E-state index is -0.426. The minimum Gasteiger partial charge on any atom is -0.271 e. The molecule has 2 rings (SSSR count). The Kier molecular flexibility index (Phi) is 4.65. The number of hydrogen-bond donors (Lipinski definition) is 2. The summed E-state index contributed by atoms with van der Waals surface area (Å²) in [6.07, 6.45) is 0.586. The molecule has 0 saturated heterocycles. The second-order valence-electron chi connectivity index (χ2n) is 4.70. The second kappa shape index (κ2) is 6.26. The minimum absolute atomic E-state index is 0.110. The number of hydrogen-bond acceptors (Lipinski definition) is 4. The highest BCUT2D eigenvalue weighted by atomic mass is 35.5. The lowest BCUT2D eigenvalue weighted by molar-refractivity contribution is 0.543. The summed E-state index contributed by atoms with van der Waals surface area (Å²) in [4.78, 5) is 0. The third-order valence-electron chi connectivity index (χ3n) is 3.14. The van der Waals surface area contributed by atoms with Crippen molar-refractivity contribution in [3.05, 3.63) is 57.6 Å².